The lowest BCUT2D eigenvalue weighted by atomic mass is 10.2. The Morgan fingerprint density at radius 2 is 1.85 bits per heavy atom. The SMILES string of the molecule is COc1cccc(COc2ccc(C#CCN)cc2)c1. The fourth-order valence-electron chi connectivity index (χ4n) is 1.72. The number of hydrogen-bond donors (Lipinski definition) is 1. The van der Waals surface area contributed by atoms with Crippen LogP contribution in [0.4, 0.5) is 0 Å². The summed E-state index contributed by atoms with van der Waals surface area (Å²) < 4.78 is 10.9. The zero-order chi connectivity index (χ0) is 14.2. The fourth-order valence-corrected chi connectivity index (χ4v) is 1.72. The predicted molar refractivity (Wildman–Crippen MR) is 79.7 cm³/mol. The van der Waals surface area contributed by atoms with E-state index in [1.165, 1.54) is 0 Å². The van der Waals surface area contributed by atoms with Crippen molar-refractivity contribution < 1.29 is 9.47 Å². The minimum atomic E-state index is 0.369. The van der Waals surface area contributed by atoms with Crippen molar-refractivity contribution in [2.45, 2.75) is 6.61 Å². The molecule has 0 atom stereocenters. The maximum absolute atomic E-state index is 5.72. The van der Waals surface area contributed by atoms with E-state index in [1.807, 2.05) is 48.5 Å². The number of nitrogens with two attached hydrogens (primary N) is 1. The van der Waals surface area contributed by atoms with Crippen LogP contribution >= 0.6 is 0 Å². The normalized spacial score (nSPS) is 9.50. The van der Waals surface area contributed by atoms with Crippen molar-refractivity contribution in [1.29, 1.82) is 0 Å². The fraction of sp³-hybridized carbons (Fsp3) is 0.176. The van der Waals surface area contributed by atoms with Crippen molar-refractivity contribution >= 4 is 0 Å². The first-order valence-corrected chi connectivity index (χ1v) is 6.36. The Bertz CT molecular complexity index is 609. The van der Waals surface area contributed by atoms with E-state index in [2.05, 4.69) is 11.8 Å². The molecule has 3 nitrogen and oxygen atoms in total. The van der Waals surface area contributed by atoms with Crippen LogP contribution in [0.25, 0.3) is 0 Å². The van der Waals surface area contributed by atoms with Gasteiger partial charge >= 0.3 is 0 Å². The first-order chi connectivity index (χ1) is 9.81. The van der Waals surface area contributed by atoms with Gasteiger partial charge in [0.1, 0.15) is 18.1 Å². The van der Waals surface area contributed by atoms with Crippen LogP contribution in [0, 0.1) is 11.8 Å². The molecule has 2 aromatic carbocycles. The highest BCUT2D eigenvalue weighted by atomic mass is 16.5. The molecule has 2 rings (SSSR count). The monoisotopic (exact) mass is 267 g/mol. The Hall–Kier alpha value is -2.44. The molecule has 0 radical (unpaired) electrons. The highest BCUT2D eigenvalue weighted by molar-refractivity contribution is 5.38. The van der Waals surface area contributed by atoms with Gasteiger partial charge in [-0.15, -0.1) is 0 Å². The van der Waals surface area contributed by atoms with E-state index in [4.69, 9.17) is 15.2 Å². The molecule has 0 aliphatic rings. The first-order valence-electron chi connectivity index (χ1n) is 6.36. The average Bonchev–Trinajstić information content (AvgIpc) is 2.52. The highest BCUT2D eigenvalue weighted by Gasteiger charge is 1.98. The molecular weight excluding hydrogens is 250 g/mol. The summed E-state index contributed by atoms with van der Waals surface area (Å²) in [4.78, 5) is 0. The zero-order valence-corrected chi connectivity index (χ0v) is 11.4. The molecule has 3 heteroatoms. The Morgan fingerprint density at radius 3 is 2.55 bits per heavy atom. The molecule has 0 amide bonds. The smallest absolute Gasteiger partial charge is 0.119 e. The second-order valence-corrected chi connectivity index (χ2v) is 4.17. The first kappa shape index (κ1) is 14.0. The van der Waals surface area contributed by atoms with Crippen molar-refractivity contribution in [3.63, 3.8) is 0 Å². The van der Waals surface area contributed by atoms with Crippen molar-refractivity contribution in [2.75, 3.05) is 13.7 Å². The molecule has 0 aromatic heterocycles. The Kier molecular flexibility index (Phi) is 5.05. The van der Waals surface area contributed by atoms with E-state index >= 15 is 0 Å². The Balaban J connectivity index is 1.96. The van der Waals surface area contributed by atoms with Crippen LogP contribution in [-0.2, 0) is 6.61 Å². The minimum Gasteiger partial charge on any atom is -0.497 e. The molecule has 0 fully saturated rings. The van der Waals surface area contributed by atoms with Gasteiger partial charge in [0.2, 0.25) is 0 Å². The van der Waals surface area contributed by atoms with Crippen LogP contribution < -0.4 is 15.2 Å². The van der Waals surface area contributed by atoms with Gasteiger partial charge in [-0.25, -0.2) is 0 Å². The van der Waals surface area contributed by atoms with Crippen LogP contribution in [0.15, 0.2) is 48.5 Å². The molecular formula is C17H17NO2. The van der Waals surface area contributed by atoms with Gasteiger partial charge in [0.15, 0.2) is 0 Å². The zero-order valence-electron chi connectivity index (χ0n) is 11.4. The van der Waals surface area contributed by atoms with Gasteiger partial charge in [0.05, 0.1) is 13.7 Å². The van der Waals surface area contributed by atoms with Crippen molar-refractivity contribution in [2.24, 2.45) is 5.73 Å². The summed E-state index contributed by atoms with van der Waals surface area (Å²) in [7, 11) is 1.65. The number of ether oxygens (including phenoxy) is 2. The third kappa shape index (κ3) is 4.04. The average molecular weight is 267 g/mol. The lowest BCUT2D eigenvalue weighted by molar-refractivity contribution is 0.305. The standard InChI is InChI=1S/C17H17NO2/c1-19-17-6-2-4-15(12-17)13-20-16-9-7-14(8-10-16)5-3-11-18/h2,4,6-10,12H,11,13,18H2,1H3. The molecule has 0 aliphatic carbocycles. The second-order valence-electron chi connectivity index (χ2n) is 4.17. The molecule has 0 bridgehead atoms. The van der Waals surface area contributed by atoms with Crippen molar-refractivity contribution in [3.8, 4) is 23.3 Å². The largest absolute Gasteiger partial charge is 0.497 e. The van der Waals surface area contributed by atoms with Gasteiger partial charge in [-0.3, -0.25) is 0 Å². The summed E-state index contributed by atoms with van der Waals surface area (Å²) in [6.07, 6.45) is 0. The summed E-state index contributed by atoms with van der Waals surface area (Å²) in [6.45, 7) is 0.874. The maximum atomic E-state index is 5.72. The van der Waals surface area contributed by atoms with Gasteiger partial charge in [-0.2, -0.15) is 0 Å². The van der Waals surface area contributed by atoms with E-state index < -0.39 is 0 Å². The van der Waals surface area contributed by atoms with Crippen LogP contribution in [0.1, 0.15) is 11.1 Å². The van der Waals surface area contributed by atoms with E-state index in [1.54, 1.807) is 7.11 Å². The van der Waals surface area contributed by atoms with Gasteiger partial charge in [0.25, 0.3) is 0 Å². The number of methoxy groups -OCH3 is 1. The van der Waals surface area contributed by atoms with Gasteiger partial charge in [-0.1, -0.05) is 24.0 Å². The molecule has 2 N–H and O–H groups in total. The quantitative estimate of drug-likeness (QED) is 0.866. The van der Waals surface area contributed by atoms with Crippen LogP contribution in [-0.4, -0.2) is 13.7 Å². The maximum Gasteiger partial charge on any atom is 0.119 e. The lowest BCUT2D eigenvalue weighted by Gasteiger charge is -2.07. The van der Waals surface area contributed by atoms with Crippen molar-refractivity contribution in [3.05, 3.63) is 59.7 Å². The third-order valence-electron chi connectivity index (χ3n) is 2.73. The van der Waals surface area contributed by atoms with E-state index in [0.29, 0.717) is 13.2 Å². The topological polar surface area (TPSA) is 44.5 Å². The predicted octanol–water partition coefficient (Wildman–Crippen LogP) is 2.58. The van der Waals surface area contributed by atoms with E-state index in [-0.39, 0.29) is 0 Å². The number of benzene rings is 2. The molecule has 0 saturated carbocycles. The summed E-state index contributed by atoms with van der Waals surface area (Å²) in [5.74, 6) is 7.43. The minimum absolute atomic E-state index is 0.369. The summed E-state index contributed by atoms with van der Waals surface area (Å²) in [5.41, 5.74) is 7.33. The molecule has 0 unspecified atom stereocenters. The van der Waals surface area contributed by atoms with Crippen LogP contribution in [0.5, 0.6) is 11.5 Å². The molecule has 0 spiro atoms. The molecule has 2 aromatic rings. The van der Waals surface area contributed by atoms with Gasteiger partial charge < -0.3 is 15.2 Å². The summed E-state index contributed by atoms with van der Waals surface area (Å²) in [6, 6.07) is 15.5. The van der Waals surface area contributed by atoms with Crippen molar-refractivity contribution in [1.82, 2.24) is 0 Å². The second kappa shape index (κ2) is 7.22. The van der Waals surface area contributed by atoms with Crippen LogP contribution in [0.3, 0.4) is 0 Å². The summed E-state index contributed by atoms with van der Waals surface area (Å²) in [5, 5.41) is 0. The third-order valence-corrected chi connectivity index (χ3v) is 2.73. The molecule has 0 aliphatic heterocycles. The summed E-state index contributed by atoms with van der Waals surface area (Å²) >= 11 is 0. The molecule has 0 saturated heterocycles. The number of rotatable bonds is 4. The lowest BCUT2D eigenvalue weighted by Crippen LogP contribution is -1.96. The van der Waals surface area contributed by atoms with E-state index in [9.17, 15) is 0 Å². The Morgan fingerprint density at radius 1 is 1.05 bits per heavy atom. The van der Waals surface area contributed by atoms with Crippen LogP contribution in [0.2, 0.25) is 0 Å². The molecule has 20 heavy (non-hydrogen) atoms. The Labute approximate surface area is 119 Å². The van der Waals surface area contributed by atoms with Gasteiger partial charge in [0, 0.05) is 5.56 Å². The highest BCUT2D eigenvalue weighted by Crippen LogP contribution is 2.16. The van der Waals surface area contributed by atoms with Gasteiger partial charge in [-0.05, 0) is 42.0 Å². The van der Waals surface area contributed by atoms with E-state index in [0.717, 1.165) is 22.6 Å². The molecule has 102 valence electrons. The molecule has 0 heterocycles. The number of hydrogen-bond acceptors (Lipinski definition) is 3.